The number of hydrogen-bond acceptors (Lipinski definition) is 4. The van der Waals surface area contributed by atoms with Gasteiger partial charge in [0.2, 0.25) is 0 Å². The fraction of sp³-hybridized carbons (Fsp3) is 0.0444. The zero-order valence-electron chi connectivity index (χ0n) is 27.4. The van der Waals surface area contributed by atoms with Crippen LogP contribution in [0.25, 0.3) is 73.4 Å². The number of fused-ring (bicyclic) bond motifs is 9. The molecule has 3 aromatic heterocycles. The first-order valence-corrected chi connectivity index (χ1v) is 19.0. The van der Waals surface area contributed by atoms with Crippen LogP contribution in [0.15, 0.2) is 156 Å². The molecule has 0 fully saturated rings. The van der Waals surface area contributed by atoms with Crippen LogP contribution in [0.4, 0.5) is 0 Å². The van der Waals surface area contributed by atoms with Gasteiger partial charge in [0.05, 0.1) is 16.7 Å². The highest BCUT2D eigenvalue weighted by molar-refractivity contribution is 7.27. The standard InChI is InChI=1S/C45H29N3OS2/c1-2-11-26(12-3-1)43-46-44(48-45(47-43)35-19-10-21-37-40(35)34-14-4-6-20-36(34)49-37)27-23-24-29-31-16-9-18-33(42(31)51-39(29)25-27)32-17-8-15-30-28-13-5-7-22-38(28)50-41(30)32/h1-25,44-45,48H,(H,46,47)/p+2. The largest absolute Gasteiger partial charge is 0.456 e. The first kappa shape index (κ1) is 29.0. The van der Waals surface area contributed by atoms with E-state index in [4.69, 9.17) is 4.42 Å². The van der Waals surface area contributed by atoms with E-state index in [2.05, 4.69) is 161 Å². The molecule has 242 valence electrons. The Morgan fingerprint density at radius 2 is 1.20 bits per heavy atom. The molecule has 6 heteroatoms. The maximum Gasteiger partial charge on any atom is 0.284 e. The van der Waals surface area contributed by atoms with Gasteiger partial charge in [0, 0.05) is 62.2 Å². The van der Waals surface area contributed by atoms with E-state index in [-0.39, 0.29) is 12.3 Å². The fourth-order valence-corrected chi connectivity index (χ4v) is 10.5. The molecule has 7 aromatic carbocycles. The number of rotatable bonds is 4. The van der Waals surface area contributed by atoms with Gasteiger partial charge in [0.25, 0.3) is 18.2 Å². The topological polar surface area (TPSA) is 55.8 Å². The fourth-order valence-electron chi connectivity index (χ4n) is 8.03. The molecule has 0 saturated heterocycles. The molecule has 51 heavy (non-hydrogen) atoms. The van der Waals surface area contributed by atoms with Crippen LogP contribution in [0.2, 0.25) is 0 Å². The molecule has 0 bridgehead atoms. The summed E-state index contributed by atoms with van der Waals surface area (Å²) in [7, 11) is 0. The van der Waals surface area contributed by atoms with Crippen LogP contribution in [0.5, 0.6) is 0 Å². The van der Waals surface area contributed by atoms with Crippen LogP contribution in [-0.2, 0) is 0 Å². The van der Waals surface area contributed by atoms with Crippen molar-refractivity contribution in [3.8, 4) is 11.1 Å². The molecule has 4 heterocycles. The molecule has 0 saturated carbocycles. The lowest BCUT2D eigenvalue weighted by atomic mass is 10.00. The predicted octanol–water partition coefficient (Wildman–Crippen LogP) is 9.38. The maximum atomic E-state index is 6.30. The Hall–Kier alpha value is -5.79. The van der Waals surface area contributed by atoms with E-state index in [1.54, 1.807) is 0 Å². The van der Waals surface area contributed by atoms with E-state index in [1.165, 1.54) is 62.6 Å². The number of para-hydroxylation sites is 1. The van der Waals surface area contributed by atoms with Crippen LogP contribution in [-0.4, -0.2) is 5.84 Å². The van der Waals surface area contributed by atoms with Gasteiger partial charge in [-0.3, -0.25) is 5.32 Å². The average Bonchev–Trinajstić information content (AvgIpc) is 3.89. The third-order valence-electron chi connectivity index (χ3n) is 10.4. The second-order valence-electron chi connectivity index (χ2n) is 13.3. The minimum Gasteiger partial charge on any atom is -0.456 e. The summed E-state index contributed by atoms with van der Waals surface area (Å²) in [6.07, 6.45) is -0.0519. The SMILES string of the molecule is c1ccc(C2=[NH+]C(c3ccc4c(c3)sc3c(-c5cccc6c5sc5ccccc56)cccc34)[NH2+]C(c3cccc4oc5ccccc5c34)N2)cc1. The average molecular weight is 694 g/mol. The summed E-state index contributed by atoms with van der Waals surface area (Å²) in [4.78, 5) is 3.87. The Morgan fingerprint density at radius 3 is 2.02 bits per heavy atom. The van der Waals surface area contributed by atoms with Crippen molar-refractivity contribution in [3.05, 3.63) is 168 Å². The normalized spacial score (nSPS) is 16.4. The zero-order chi connectivity index (χ0) is 33.5. The van der Waals surface area contributed by atoms with Crippen molar-refractivity contribution in [2.24, 2.45) is 0 Å². The van der Waals surface area contributed by atoms with Gasteiger partial charge in [0.1, 0.15) is 11.2 Å². The molecule has 0 spiro atoms. The molecule has 2 unspecified atom stereocenters. The van der Waals surface area contributed by atoms with E-state index in [0.717, 1.165) is 33.3 Å². The second kappa shape index (κ2) is 11.4. The van der Waals surface area contributed by atoms with Crippen LogP contribution < -0.4 is 15.6 Å². The van der Waals surface area contributed by atoms with E-state index < -0.39 is 0 Å². The Kier molecular flexibility index (Phi) is 6.46. The van der Waals surface area contributed by atoms with Crippen LogP contribution in [0.1, 0.15) is 29.0 Å². The second-order valence-corrected chi connectivity index (χ2v) is 15.4. The molecule has 0 aliphatic carbocycles. The van der Waals surface area contributed by atoms with Crippen LogP contribution >= 0.6 is 22.7 Å². The van der Waals surface area contributed by atoms with E-state index in [1.807, 2.05) is 28.7 Å². The first-order valence-electron chi connectivity index (χ1n) is 17.3. The number of nitrogens with two attached hydrogens (primary N) is 1. The highest BCUT2D eigenvalue weighted by atomic mass is 32.1. The summed E-state index contributed by atoms with van der Waals surface area (Å²) in [5, 5.41) is 13.8. The number of benzene rings is 7. The lowest BCUT2D eigenvalue weighted by Gasteiger charge is -2.24. The van der Waals surface area contributed by atoms with Crippen molar-refractivity contribution < 1.29 is 14.7 Å². The van der Waals surface area contributed by atoms with Crippen molar-refractivity contribution in [1.29, 1.82) is 0 Å². The number of amidine groups is 1. The number of nitrogens with one attached hydrogen (secondary N) is 2. The highest BCUT2D eigenvalue weighted by Gasteiger charge is 2.36. The van der Waals surface area contributed by atoms with Crippen molar-refractivity contribution in [2.75, 3.05) is 0 Å². The van der Waals surface area contributed by atoms with Gasteiger partial charge in [-0.25, -0.2) is 10.3 Å². The van der Waals surface area contributed by atoms with Gasteiger partial charge in [0.15, 0.2) is 0 Å². The van der Waals surface area contributed by atoms with Gasteiger partial charge >= 0.3 is 0 Å². The van der Waals surface area contributed by atoms with Gasteiger partial charge < -0.3 is 4.42 Å². The Balaban J connectivity index is 1.05. The molecule has 10 aromatic rings. The molecule has 0 radical (unpaired) electrons. The quantitative estimate of drug-likeness (QED) is 0.172. The summed E-state index contributed by atoms with van der Waals surface area (Å²) in [6, 6.07) is 54.7. The summed E-state index contributed by atoms with van der Waals surface area (Å²) in [5.41, 5.74) is 8.02. The lowest BCUT2D eigenvalue weighted by molar-refractivity contribution is -0.881. The number of thiophene rings is 2. The van der Waals surface area contributed by atoms with Crippen molar-refractivity contribution in [2.45, 2.75) is 12.3 Å². The predicted molar refractivity (Wildman–Crippen MR) is 213 cm³/mol. The molecule has 1 aliphatic rings. The van der Waals surface area contributed by atoms with Gasteiger partial charge in [-0.15, -0.1) is 22.7 Å². The molecular formula is C45H31N3OS2+2. The molecule has 1 aliphatic heterocycles. The van der Waals surface area contributed by atoms with E-state index in [0.29, 0.717) is 0 Å². The number of quaternary nitrogens is 1. The smallest absolute Gasteiger partial charge is 0.284 e. The third-order valence-corrected chi connectivity index (χ3v) is 12.8. The van der Waals surface area contributed by atoms with Crippen molar-refractivity contribution >= 4 is 90.8 Å². The Morgan fingerprint density at radius 1 is 0.549 bits per heavy atom. The molecule has 4 nitrogen and oxygen atoms in total. The number of hydrogen-bond donors (Lipinski definition) is 3. The Bertz CT molecular complexity index is 3010. The number of furan rings is 1. The van der Waals surface area contributed by atoms with E-state index >= 15 is 0 Å². The molecular weight excluding hydrogens is 663 g/mol. The Labute approximate surface area is 301 Å². The summed E-state index contributed by atoms with van der Waals surface area (Å²) in [5.74, 6) is 1.02. The van der Waals surface area contributed by atoms with Gasteiger partial charge in [-0.2, -0.15) is 0 Å². The lowest BCUT2D eigenvalue weighted by Crippen LogP contribution is -3.07. The summed E-state index contributed by atoms with van der Waals surface area (Å²) >= 11 is 3.80. The monoisotopic (exact) mass is 693 g/mol. The molecule has 11 rings (SSSR count). The van der Waals surface area contributed by atoms with Gasteiger partial charge in [-0.05, 0) is 48.5 Å². The first-order chi connectivity index (χ1) is 25.3. The van der Waals surface area contributed by atoms with Crippen LogP contribution in [0.3, 0.4) is 0 Å². The minimum absolute atomic E-state index is 0.0127. The highest BCUT2D eigenvalue weighted by Crippen LogP contribution is 2.45. The summed E-state index contributed by atoms with van der Waals surface area (Å²) in [6.45, 7) is 0. The molecule has 4 N–H and O–H groups in total. The van der Waals surface area contributed by atoms with Gasteiger partial charge in [-0.1, -0.05) is 103 Å². The molecule has 0 amide bonds. The zero-order valence-corrected chi connectivity index (χ0v) is 29.0. The van der Waals surface area contributed by atoms with E-state index in [9.17, 15) is 0 Å². The third kappa shape index (κ3) is 4.58. The van der Waals surface area contributed by atoms with Crippen molar-refractivity contribution in [3.63, 3.8) is 0 Å². The molecule has 2 atom stereocenters. The maximum absolute atomic E-state index is 6.30. The minimum atomic E-state index is -0.0392. The summed E-state index contributed by atoms with van der Waals surface area (Å²) < 4.78 is 11.6. The van der Waals surface area contributed by atoms with Crippen LogP contribution in [0, 0.1) is 0 Å². The van der Waals surface area contributed by atoms with Crippen molar-refractivity contribution in [1.82, 2.24) is 5.32 Å².